The zero-order valence-electron chi connectivity index (χ0n) is 12.6. The molecule has 23 heavy (non-hydrogen) atoms. The number of aryl methyl sites for hydroxylation is 1. The third-order valence-corrected chi connectivity index (χ3v) is 3.99. The van der Waals surface area contributed by atoms with Crippen LogP contribution in [0.5, 0.6) is 0 Å². The van der Waals surface area contributed by atoms with Crippen LogP contribution in [0.4, 0.5) is 0 Å². The summed E-state index contributed by atoms with van der Waals surface area (Å²) >= 11 is 1.18. The molecule has 3 aromatic heterocycles. The molecule has 0 unspecified atom stereocenters. The molecule has 7 nitrogen and oxygen atoms in total. The number of carbonyl (C=O) groups is 1. The van der Waals surface area contributed by atoms with Crippen LogP contribution in [-0.2, 0) is 4.79 Å². The number of nitrogens with zero attached hydrogens (tertiary/aromatic N) is 2. The first-order valence-corrected chi connectivity index (χ1v) is 7.95. The highest BCUT2D eigenvalue weighted by molar-refractivity contribution is 7.99. The number of thioether (sulfide) groups is 1. The Morgan fingerprint density at radius 2 is 2.17 bits per heavy atom. The third-order valence-electron chi connectivity index (χ3n) is 3.17. The van der Waals surface area contributed by atoms with Crippen LogP contribution >= 0.6 is 11.8 Å². The molecule has 0 fully saturated rings. The van der Waals surface area contributed by atoms with Gasteiger partial charge in [-0.1, -0.05) is 11.8 Å². The van der Waals surface area contributed by atoms with Gasteiger partial charge in [-0.05, 0) is 32.0 Å². The molecular weight excluding hydrogens is 318 g/mol. The van der Waals surface area contributed by atoms with Crippen LogP contribution in [0.3, 0.4) is 0 Å². The van der Waals surface area contributed by atoms with Crippen molar-refractivity contribution in [3.8, 4) is 11.5 Å². The Morgan fingerprint density at radius 3 is 2.87 bits per heavy atom. The van der Waals surface area contributed by atoms with E-state index in [2.05, 4.69) is 15.5 Å². The van der Waals surface area contributed by atoms with Crippen LogP contribution in [0.2, 0.25) is 0 Å². The zero-order chi connectivity index (χ0) is 16.2. The minimum atomic E-state index is -0.190. The van der Waals surface area contributed by atoms with Gasteiger partial charge in [0.25, 0.3) is 11.1 Å². The summed E-state index contributed by atoms with van der Waals surface area (Å²) in [6.45, 7) is 3.67. The minimum Gasteiger partial charge on any atom is -0.469 e. The van der Waals surface area contributed by atoms with E-state index >= 15 is 0 Å². The number of carbonyl (C=O) groups excluding carboxylic acids is 1. The van der Waals surface area contributed by atoms with Crippen molar-refractivity contribution in [2.45, 2.75) is 25.1 Å². The fourth-order valence-corrected chi connectivity index (χ4v) is 2.58. The fourth-order valence-electron chi connectivity index (χ4n) is 2.00. The first kappa shape index (κ1) is 15.4. The van der Waals surface area contributed by atoms with Crippen LogP contribution < -0.4 is 5.32 Å². The summed E-state index contributed by atoms with van der Waals surface area (Å²) < 4.78 is 16.0. The molecule has 3 heterocycles. The molecule has 3 aromatic rings. The molecule has 1 atom stereocenters. The molecule has 3 rings (SSSR count). The molecule has 0 bridgehead atoms. The molecule has 0 aliphatic carbocycles. The van der Waals surface area contributed by atoms with Crippen molar-refractivity contribution in [1.82, 2.24) is 15.5 Å². The van der Waals surface area contributed by atoms with Crippen molar-refractivity contribution in [1.29, 1.82) is 0 Å². The quantitative estimate of drug-likeness (QED) is 0.692. The summed E-state index contributed by atoms with van der Waals surface area (Å²) in [4.78, 5) is 11.9. The molecule has 0 aromatic carbocycles. The number of nitrogens with one attached hydrogen (secondary N) is 1. The lowest BCUT2D eigenvalue weighted by molar-refractivity contribution is -0.119. The Bertz CT molecular complexity index is 778. The van der Waals surface area contributed by atoms with E-state index in [-0.39, 0.29) is 17.7 Å². The Morgan fingerprint density at radius 1 is 1.30 bits per heavy atom. The van der Waals surface area contributed by atoms with Crippen molar-refractivity contribution in [2.24, 2.45) is 0 Å². The van der Waals surface area contributed by atoms with Gasteiger partial charge in [0.2, 0.25) is 5.91 Å². The summed E-state index contributed by atoms with van der Waals surface area (Å²) in [6.07, 6.45) is 3.13. The van der Waals surface area contributed by atoms with E-state index in [0.29, 0.717) is 22.6 Å². The van der Waals surface area contributed by atoms with Gasteiger partial charge in [-0.3, -0.25) is 4.79 Å². The maximum absolute atomic E-state index is 11.9. The van der Waals surface area contributed by atoms with Crippen LogP contribution in [0.1, 0.15) is 24.5 Å². The number of hydrogen-bond acceptors (Lipinski definition) is 7. The number of hydrogen-bond donors (Lipinski definition) is 1. The number of amides is 1. The number of aromatic nitrogens is 2. The van der Waals surface area contributed by atoms with E-state index in [4.69, 9.17) is 13.3 Å². The molecular formula is C15H15N3O4S. The Hall–Kier alpha value is -2.48. The van der Waals surface area contributed by atoms with E-state index in [0.717, 1.165) is 5.56 Å². The van der Waals surface area contributed by atoms with Crippen LogP contribution in [0.15, 0.2) is 49.2 Å². The second kappa shape index (κ2) is 6.74. The van der Waals surface area contributed by atoms with Gasteiger partial charge in [-0.25, -0.2) is 0 Å². The average Bonchev–Trinajstić information content (AvgIpc) is 3.26. The molecule has 0 saturated carbocycles. The first-order valence-electron chi connectivity index (χ1n) is 6.97. The topological polar surface area (TPSA) is 94.3 Å². The highest BCUT2D eigenvalue weighted by Gasteiger charge is 2.16. The predicted octanol–water partition coefficient (Wildman–Crippen LogP) is 3.20. The number of furan rings is 2. The Kier molecular flexibility index (Phi) is 4.52. The zero-order valence-corrected chi connectivity index (χ0v) is 13.4. The van der Waals surface area contributed by atoms with Gasteiger partial charge in [0.1, 0.15) is 11.5 Å². The minimum absolute atomic E-state index is 0.141. The molecule has 0 aliphatic rings. The normalized spacial score (nSPS) is 12.3. The Labute approximate surface area is 136 Å². The molecule has 0 radical (unpaired) electrons. The van der Waals surface area contributed by atoms with Crippen molar-refractivity contribution in [2.75, 3.05) is 5.75 Å². The molecule has 8 heteroatoms. The van der Waals surface area contributed by atoms with E-state index in [1.54, 1.807) is 24.7 Å². The summed E-state index contributed by atoms with van der Waals surface area (Å²) in [5, 5.41) is 11.0. The van der Waals surface area contributed by atoms with Crippen molar-refractivity contribution < 1.29 is 18.0 Å². The van der Waals surface area contributed by atoms with Crippen LogP contribution in [0.25, 0.3) is 11.5 Å². The largest absolute Gasteiger partial charge is 0.469 e. The molecule has 0 spiro atoms. The lowest BCUT2D eigenvalue weighted by Crippen LogP contribution is -2.27. The monoisotopic (exact) mass is 333 g/mol. The number of rotatable bonds is 6. The van der Waals surface area contributed by atoms with Crippen LogP contribution in [-0.4, -0.2) is 21.9 Å². The molecule has 0 aliphatic heterocycles. The van der Waals surface area contributed by atoms with Crippen molar-refractivity contribution in [3.05, 3.63) is 42.2 Å². The summed E-state index contributed by atoms with van der Waals surface area (Å²) in [5.41, 5.74) is 0.750. The summed E-state index contributed by atoms with van der Waals surface area (Å²) in [7, 11) is 0. The maximum Gasteiger partial charge on any atom is 0.277 e. The second-order valence-corrected chi connectivity index (χ2v) is 5.78. The smallest absolute Gasteiger partial charge is 0.277 e. The lowest BCUT2D eigenvalue weighted by atomic mass is 10.2. The van der Waals surface area contributed by atoms with Gasteiger partial charge in [-0.2, -0.15) is 0 Å². The highest BCUT2D eigenvalue weighted by Crippen LogP contribution is 2.26. The van der Waals surface area contributed by atoms with E-state index in [9.17, 15) is 4.79 Å². The lowest BCUT2D eigenvalue weighted by Gasteiger charge is -2.10. The first-order chi connectivity index (χ1) is 11.1. The third kappa shape index (κ3) is 3.65. The predicted molar refractivity (Wildman–Crippen MR) is 82.7 cm³/mol. The molecule has 1 N–H and O–H groups in total. The molecule has 120 valence electrons. The Balaban J connectivity index is 1.53. The highest BCUT2D eigenvalue weighted by atomic mass is 32.2. The van der Waals surface area contributed by atoms with E-state index in [1.807, 2.05) is 19.9 Å². The van der Waals surface area contributed by atoms with E-state index < -0.39 is 0 Å². The average molecular weight is 333 g/mol. The van der Waals surface area contributed by atoms with Gasteiger partial charge >= 0.3 is 0 Å². The van der Waals surface area contributed by atoms with E-state index in [1.165, 1.54) is 11.8 Å². The van der Waals surface area contributed by atoms with Crippen LogP contribution in [0, 0.1) is 6.92 Å². The van der Waals surface area contributed by atoms with Crippen molar-refractivity contribution >= 4 is 17.7 Å². The van der Waals surface area contributed by atoms with Gasteiger partial charge in [0.05, 0.1) is 29.9 Å². The van der Waals surface area contributed by atoms with Gasteiger partial charge in [0.15, 0.2) is 0 Å². The SMILES string of the molecule is Cc1occc1-c1nnc(SCC(=O)N[C@@H](C)c2ccco2)o1. The van der Waals surface area contributed by atoms with Crippen molar-refractivity contribution in [3.63, 3.8) is 0 Å². The van der Waals surface area contributed by atoms with Gasteiger partial charge in [0, 0.05) is 0 Å². The summed E-state index contributed by atoms with van der Waals surface area (Å²) in [6, 6.07) is 5.17. The summed E-state index contributed by atoms with van der Waals surface area (Å²) in [5.74, 6) is 1.83. The fraction of sp³-hybridized carbons (Fsp3) is 0.267. The molecule has 0 saturated heterocycles. The van der Waals surface area contributed by atoms with Gasteiger partial charge < -0.3 is 18.6 Å². The maximum atomic E-state index is 11.9. The second-order valence-electron chi connectivity index (χ2n) is 4.86. The standard InChI is InChI=1S/C15H15N3O4S/c1-9(12-4-3-6-21-12)16-13(19)8-23-15-18-17-14(22-15)11-5-7-20-10(11)2/h3-7,9H,8H2,1-2H3,(H,16,19)/t9-/m0/s1. The van der Waals surface area contributed by atoms with Gasteiger partial charge in [-0.15, -0.1) is 10.2 Å². The molecule has 1 amide bonds.